The van der Waals surface area contributed by atoms with Crippen LogP contribution in [0.25, 0.3) is 0 Å². The molecule has 1 aromatic rings. The SMILES string of the molecule is Cc1cc(S)cc(S)c1. The molecule has 0 saturated heterocycles. The number of aryl methyl sites for hydroxylation is 1. The summed E-state index contributed by atoms with van der Waals surface area (Å²) in [5, 5.41) is 0. The predicted octanol–water partition coefficient (Wildman–Crippen LogP) is 2.57. The van der Waals surface area contributed by atoms with Gasteiger partial charge in [-0.15, -0.1) is 25.3 Å². The fourth-order valence-electron chi connectivity index (χ4n) is 0.743. The van der Waals surface area contributed by atoms with Crippen LogP contribution in [0.3, 0.4) is 0 Å². The standard InChI is InChI=1S/C7H8S2/c1-5-2-6(8)4-7(9)3-5/h2-4,8-9H,1H3. The molecule has 48 valence electrons. The van der Waals surface area contributed by atoms with Crippen LogP contribution < -0.4 is 0 Å². The molecule has 0 unspecified atom stereocenters. The van der Waals surface area contributed by atoms with Crippen LogP contribution in [0.5, 0.6) is 0 Å². The van der Waals surface area contributed by atoms with Gasteiger partial charge in [0.1, 0.15) is 0 Å². The zero-order chi connectivity index (χ0) is 6.85. The van der Waals surface area contributed by atoms with Crippen molar-refractivity contribution in [2.45, 2.75) is 16.7 Å². The van der Waals surface area contributed by atoms with Gasteiger partial charge in [-0.05, 0) is 30.7 Å². The fraction of sp³-hybridized carbons (Fsp3) is 0.143. The van der Waals surface area contributed by atoms with E-state index in [0.29, 0.717) is 0 Å². The zero-order valence-corrected chi connectivity index (χ0v) is 6.92. The molecule has 1 aromatic carbocycles. The Morgan fingerprint density at radius 2 is 1.44 bits per heavy atom. The van der Waals surface area contributed by atoms with Gasteiger partial charge in [-0.1, -0.05) is 0 Å². The molecule has 0 spiro atoms. The van der Waals surface area contributed by atoms with E-state index in [9.17, 15) is 0 Å². The van der Waals surface area contributed by atoms with Crippen LogP contribution in [0.1, 0.15) is 5.56 Å². The summed E-state index contributed by atoms with van der Waals surface area (Å²) >= 11 is 8.35. The molecule has 0 saturated carbocycles. The van der Waals surface area contributed by atoms with Gasteiger partial charge in [0.05, 0.1) is 0 Å². The van der Waals surface area contributed by atoms with Gasteiger partial charge in [0.15, 0.2) is 0 Å². The molecule has 9 heavy (non-hydrogen) atoms. The van der Waals surface area contributed by atoms with E-state index in [2.05, 4.69) is 25.3 Å². The third-order valence-corrected chi connectivity index (χ3v) is 1.56. The first-order valence-electron chi connectivity index (χ1n) is 2.68. The van der Waals surface area contributed by atoms with Crippen LogP contribution in [0.2, 0.25) is 0 Å². The van der Waals surface area contributed by atoms with Crippen molar-refractivity contribution in [3.63, 3.8) is 0 Å². The molecule has 0 amide bonds. The first-order chi connectivity index (χ1) is 4.18. The highest BCUT2D eigenvalue weighted by Crippen LogP contribution is 2.14. The summed E-state index contributed by atoms with van der Waals surface area (Å²) < 4.78 is 0. The van der Waals surface area contributed by atoms with Gasteiger partial charge in [0.2, 0.25) is 0 Å². The van der Waals surface area contributed by atoms with E-state index in [1.54, 1.807) is 0 Å². The molecule has 0 aliphatic carbocycles. The Labute approximate surface area is 66.1 Å². The summed E-state index contributed by atoms with van der Waals surface area (Å²) in [5.74, 6) is 0. The Morgan fingerprint density at radius 3 is 1.78 bits per heavy atom. The molecule has 0 heterocycles. The highest BCUT2D eigenvalue weighted by atomic mass is 32.1. The second-order valence-corrected chi connectivity index (χ2v) is 3.06. The van der Waals surface area contributed by atoms with Crippen molar-refractivity contribution in [2.75, 3.05) is 0 Å². The van der Waals surface area contributed by atoms with E-state index < -0.39 is 0 Å². The average Bonchev–Trinajstić information content (AvgIpc) is 1.59. The molecular formula is C7H8S2. The summed E-state index contributed by atoms with van der Waals surface area (Å²) in [6, 6.07) is 5.92. The van der Waals surface area contributed by atoms with Gasteiger partial charge in [-0.3, -0.25) is 0 Å². The van der Waals surface area contributed by atoms with Crippen LogP contribution >= 0.6 is 25.3 Å². The lowest BCUT2D eigenvalue weighted by Gasteiger charge is -1.95. The maximum atomic E-state index is 4.17. The minimum absolute atomic E-state index is 0.972. The average molecular weight is 156 g/mol. The van der Waals surface area contributed by atoms with Crippen molar-refractivity contribution in [1.82, 2.24) is 0 Å². The van der Waals surface area contributed by atoms with Gasteiger partial charge >= 0.3 is 0 Å². The molecule has 0 nitrogen and oxygen atoms in total. The van der Waals surface area contributed by atoms with Gasteiger partial charge in [0, 0.05) is 9.79 Å². The molecule has 2 heteroatoms. The van der Waals surface area contributed by atoms with Crippen molar-refractivity contribution in [3.8, 4) is 0 Å². The van der Waals surface area contributed by atoms with Gasteiger partial charge < -0.3 is 0 Å². The normalized spacial score (nSPS) is 9.67. The molecule has 0 aromatic heterocycles. The Morgan fingerprint density at radius 1 is 1.00 bits per heavy atom. The second-order valence-electron chi connectivity index (χ2n) is 2.03. The molecule has 1 rings (SSSR count). The number of thiol groups is 2. The highest BCUT2D eigenvalue weighted by molar-refractivity contribution is 7.81. The van der Waals surface area contributed by atoms with Crippen LogP contribution in [0.15, 0.2) is 28.0 Å². The van der Waals surface area contributed by atoms with E-state index in [4.69, 9.17) is 0 Å². The van der Waals surface area contributed by atoms with E-state index in [1.165, 1.54) is 5.56 Å². The summed E-state index contributed by atoms with van der Waals surface area (Å²) in [5.41, 5.74) is 1.20. The maximum Gasteiger partial charge on any atom is 0.00536 e. The van der Waals surface area contributed by atoms with Gasteiger partial charge in [0.25, 0.3) is 0 Å². The van der Waals surface area contributed by atoms with Crippen LogP contribution in [0, 0.1) is 6.92 Å². The van der Waals surface area contributed by atoms with E-state index in [0.717, 1.165) is 9.79 Å². The minimum Gasteiger partial charge on any atom is -0.143 e. The van der Waals surface area contributed by atoms with E-state index in [-0.39, 0.29) is 0 Å². The molecule has 0 aliphatic heterocycles. The van der Waals surface area contributed by atoms with Crippen molar-refractivity contribution < 1.29 is 0 Å². The van der Waals surface area contributed by atoms with Crippen LogP contribution in [-0.4, -0.2) is 0 Å². The van der Waals surface area contributed by atoms with E-state index in [1.807, 2.05) is 25.1 Å². The minimum atomic E-state index is 0.972. The van der Waals surface area contributed by atoms with Crippen molar-refractivity contribution >= 4 is 25.3 Å². The molecule has 0 N–H and O–H groups in total. The predicted molar refractivity (Wildman–Crippen MR) is 45.7 cm³/mol. The third-order valence-electron chi connectivity index (χ3n) is 1.05. The Bertz CT molecular complexity index is 168. The molecule has 0 bridgehead atoms. The summed E-state index contributed by atoms with van der Waals surface area (Å²) in [6.07, 6.45) is 0. The van der Waals surface area contributed by atoms with Gasteiger partial charge in [-0.25, -0.2) is 0 Å². The first kappa shape index (κ1) is 7.03. The molecular weight excluding hydrogens is 148 g/mol. The fourth-order valence-corrected chi connectivity index (χ4v) is 1.53. The lowest BCUT2D eigenvalue weighted by molar-refractivity contribution is 1.28. The Kier molecular flexibility index (Phi) is 2.09. The number of benzene rings is 1. The molecule has 0 aliphatic rings. The lowest BCUT2D eigenvalue weighted by Crippen LogP contribution is -1.72. The highest BCUT2D eigenvalue weighted by Gasteiger charge is 1.88. The topological polar surface area (TPSA) is 0 Å². The van der Waals surface area contributed by atoms with Crippen molar-refractivity contribution in [2.24, 2.45) is 0 Å². The third kappa shape index (κ3) is 1.95. The van der Waals surface area contributed by atoms with Crippen molar-refractivity contribution in [1.29, 1.82) is 0 Å². The molecule has 0 atom stereocenters. The Hall–Kier alpha value is -0.0800. The van der Waals surface area contributed by atoms with Crippen LogP contribution in [-0.2, 0) is 0 Å². The number of rotatable bonds is 0. The van der Waals surface area contributed by atoms with Crippen LogP contribution in [0.4, 0.5) is 0 Å². The molecule has 0 radical (unpaired) electrons. The molecule has 0 fully saturated rings. The quantitative estimate of drug-likeness (QED) is 0.530. The van der Waals surface area contributed by atoms with Gasteiger partial charge in [-0.2, -0.15) is 0 Å². The first-order valence-corrected chi connectivity index (χ1v) is 3.57. The summed E-state index contributed by atoms with van der Waals surface area (Å²) in [6.45, 7) is 2.03. The number of hydrogen-bond donors (Lipinski definition) is 2. The monoisotopic (exact) mass is 156 g/mol. The summed E-state index contributed by atoms with van der Waals surface area (Å²) in [4.78, 5) is 1.94. The van der Waals surface area contributed by atoms with E-state index >= 15 is 0 Å². The maximum absolute atomic E-state index is 4.17. The van der Waals surface area contributed by atoms with Crippen molar-refractivity contribution in [3.05, 3.63) is 23.8 Å². The number of hydrogen-bond acceptors (Lipinski definition) is 2. The summed E-state index contributed by atoms with van der Waals surface area (Å²) in [7, 11) is 0. The Balaban J connectivity index is 3.17. The second kappa shape index (κ2) is 2.67. The smallest absolute Gasteiger partial charge is 0.00536 e. The lowest BCUT2D eigenvalue weighted by atomic mass is 10.2. The largest absolute Gasteiger partial charge is 0.143 e. The zero-order valence-electron chi connectivity index (χ0n) is 5.13.